The summed E-state index contributed by atoms with van der Waals surface area (Å²) in [4.78, 5) is 39.4. The highest BCUT2D eigenvalue weighted by Crippen LogP contribution is 2.30. The average molecular weight is 431 g/mol. The molecule has 2 heterocycles. The molecule has 0 radical (unpaired) electrons. The van der Waals surface area contributed by atoms with Gasteiger partial charge in [0, 0.05) is 18.8 Å². The molecule has 9 heteroatoms. The number of hydrogen-bond acceptors (Lipinski definition) is 7. The molecule has 168 valence electrons. The first kappa shape index (κ1) is 22.6. The van der Waals surface area contributed by atoms with Crippen molar-refractivity contribution in [3.05, 3.63) is 41.1 Å². The second-order valence-electron chi connectivity index (χ2n) is 7.52. The molecule has 1 aromatic carbocycles. The first-order chi connectivity index (χ1) is 15.0. The molecule has 1 aromatic rings. The second-order valence-corrected chi connectivity index (χ2v) is 7.52. The number of nitrogens with one attached hydrogen (secondary N) is 2. The number of methoxy groups -OCH3 is 2. The van der Waals surface area contributed by atoms with Gasteiger partial charge in [0.15, 0.2) is 0 Å². The molecule has 0 spiro atoms. The molecule has 0 aliphatic carbocycles. The van der Waals surface area contributed by atoms with Gasteiger partial charge in [-0.05, 0) is 44.0 Å². The Kier molecular flexibility index (Phi) is 7.51. The predicted octanol–water partition coefficient (Wildman–Crippen LogP) is 1.75. The maximum absolute atomic E-state index is 12.7. The number of amides is 2. The summed E-state index contributed by atoms with van der Waals surface area (Å²) in [6.45, 7) is 3.70. The van der Waals surface area contributed by atoms with Crippen LogP contribution in [-0.2, 0) is 19.1 Å². The van der Waals surface area contributed by atoms with Crippen LogP contribution in [0.1, 0.15) is 31.4 Å². The zero-order valence-corrected chi connectivity index (χ0v) is 18.1. The van der Waals surface area contributed by atoms with Gasteiger partial charge in [-0.3, -0.25) is 9.69 Å². The topological polar surface area (TPSA) is 106 Å². The van der Waals surface area contributed by atoms with Gasteiger partial charge in [0.25, 0.3) is 0 Å². The predicted molar refractivity (Wildman–Crippen MR) is 112 cm³/mol. The van der Waals surface area contributed by atoms with E-state index in [1.54, 1.807) is 32.2 Å². The molecule has 31 heavy (non-hydrogen) atoms. The van der Waals surface area contributed by atoms with E-state index in [-0.39, 0.29) is 11.9 Å². The lowest BCUT2D eigenvalue weighted by Gasteiger charge is -2.35. The first-order valence-corrected chi connectivity index (χ1v) is 10.4. The smallest absolute Gasteiger partial charge is 0.338 e. The minimum absolute atomic E-state index is 0.210. The Labute approximate surface area is 181 Å². The third-order valence-corrected chi connectivity index (χ3v) is 5.49. The van der Waals surface area contributed by atoms with Crippen molar-refractivity contribution in [2.75, 3.05) is 40.5 Å². The summed E-state index contributed by atoms with van der Waals surface area (Å²) in [6.07, 6.45) is 1.59. The molecule has 3 rings (SSSR count). The van der Waals surface area contributed by atoms with Gasteiger partial charge >= 0.3 is 18.0 Å². The van der Waals surface area contributed by atoms with Gasteiger partial charge in [-0.25, -0.2) is 9.59 Å². The van der Waals surface area contributed by atoms with E-state index in [0.717, 1.165) is 19.4 Å². The highest BCUT2D eigenvalue weighted by atomic mass is 16.5. The maximum atomic E-state index is 12.7. The number of rotatable bonds is 7. The minimum Gasteiger partial charge on any atom is -0.497 e. The second kappa shape index (κ2) is 10.3. The van der Waals surface area contributed by atoms with Crippen LogP contribution in [0.5, 0.6) is 5.75 Å². The molecular weight excluding hydrogens is 402 g/mol. The van der Waals surface area contributed by atoms with E-state index in [9.17, 15) is 14.4 Å². The first-order valence-electron chi connectivity index (χ1n) is 10.4. The number of carbonyl (C=O) groups excluding carboxylic acids is 3. The van der Waals surface area contributed by atoms with Crippen molar-refractivity contribution >= 4 is 18.0 Å². The van der Waals surface area contributed by atoms with Crippen LogP contribution in [0, 0.1) is 5.92 Å². The van der Waals surface area contributed by atoms with Crippen LogP contribution in [-0.4, -0.2) is 63.3 Å². The maximum Gasteiger partial charge on any atom is 0.338 e. The summed E-state index contributed by atoms with van der Waals surface area (Å²) in [5, 5.41) is 5.57. The number of nitrogens with zero attached hydrogens (tertiary/aromatic N) is 1. The van der Waals surface area contributed by atoms with Crippen LogP contribution in [0.2, 0.25) is 0 Å². The van der Waals surface area contributed by atoms with Crippen molar-refractivity contribution in [2.45, 2.75) is 25.8 Å². The van der Waals surface area contributed by atoms with Crippen molar-refractivity contribution in [1.29, 1.82) is 0 Å². The van der Waals surface area contributed by atoms with Crippen LogP contribution >= 0.6 is 0 Å². The van der Waals surface area contributed by atoms with Gasteiger partial charge in [0.1, 0.15) is 5.75 Å². The van der Waals surface area contributed by atoms with Crippen molar-refractivity contribution in [3.63, 3.8) is 0 Å². The van der Waals surface area contributed by atoms with E-state index >= 15 is 0 Å². The molecule has 2 amide bonds. The molecular formula is C22H29N3O6. The highest BCUT2D eigenvalue weighted by Gasteiger charge is 2.35. The lowest BCUT2D eigenvalue weighted by Crippen LogP contribution is -2.49. The molecule has 0 unspecified atom stereocenters. The molecule has 0 saturated carbocycles. The molecule has 2 aliphatic heterocycles. The number of piperidine rings is 1. The largest absolute Gasteiger partial charge is 0.497 e. The SMILES string of the molecule is CCOC(=O)[C@H]1CCCN(CC2=C(C(=O)OC)[C@H](c3cccc(OC)c3)NC(=O)N2)C1. The average Bonchev–Trinajstić information content (AvgIpc) is 2.78. The molecule has 0 aromatic heterocycles. The van der Waals surface area contributed by atoms with E-state index in [1.807, 2.05) is 6.07 Å². The molecule has 2 aliphatic rings. The highest BCUT2D eigenvalue weighted by molar-refractivity contribution is 5.95. The van der Waals surface area contributed by atoms with E-state index < -0.39 is 18.0 Å². The van der Waals surface area contributed by atoms with Gasteiger partial charge < -0.3 is 24.8 Å². The summed E-state index contributed by atoms with van der Waals surface area (Å²) in [6, 6.07) is 6.08. The lowest BCUT2D eigenvalue weighted by atomic mass is 9.93. The number of urea groups is 1. The summed E-state index contributed by atoms with van der Waals surface area (Å²) in [5.74, 6) is -0.348. The van der Waals surface area contributed by atoms with Crippen molar-refractivity contribution in [2.24, 2.45) is 5.92 Å². The van der Waals surface area contributed by atoms with Crippen LogP contribution in [0.3, 0.4) is 0 Å². The Morgan fingerprint density at radius 2 is 2.06 bits per heavy atom. The van der Waals surface area contributed by atoms with Crippen molar-refractivity contribution in [1.82, 2.24) is 15.5 Å². The van der Waals surface area contributed by atoms with E-state index in [2.05, 4.69) is 15.5 Å². The Morgan fingerprint density at radius 3 is 2.77 bits per heavy atom. The van der Waals surface area contributed by atoms with E-state index in [4.69, 9.17) is 14.2 Å². The Balaban J connectivity index is 1.90. The molecule has 1 fully saturated rings. The van der Waals surface area contributed by atoms with Crippen molar-refractivity contribution < 1.29 is 28.6 Å². The fourth-order valence-electron chi connectivity index (χ4n) is 4.04. The summed E-state index contributed by atoms with van der Waals surface area (Å²) < 4.78 is 15.5. The number of likely N-dealkylation sites (tertiary alicyclic amines) is 1. The van der Waals surface area contributed by atoms with Crippen LogP contribution in [0.25, 0.3) is 0 Å². The number of carbonyl (C=O) groups is 3. The number of benzene rings is 1. The Hall–Kier alpha value is -3.07. The normalized spacial score (nSPS) is 21.7. The third-order valence-electron chi connectivity index (χ3n) is 5.49. The van der Waals surface area contributed by atoms with Crippen molar-refractivity contribution in [3.8, 4) is 5.75 Å². The fourth-order valence-corrected chi connectivity index (χ4v) is 4.04. The summed E-state index contributed by atoms with van der Waals surface area (Å²) >= 11 is 0. The van der Waals surface area contributed by atoms with Gasteiger partial charge in [0.2, 0.25) is 0 Å². The molecule has 2 N–H and O–H groups in total. The van der Waals surface area contributed by atoms with E-state index in [1.165, 1.54) is 7.11 Å². The number of hydrogen-bond donors (Lipinski definition) is 2. The minimum atomic E-state index is -0.683. The molecule has 9 nitrogen and oxygen atoms in total. The quantitative estimate of drug-likeness (QED) is 0.634. The number of ether oxygens (including phenoxy) is 3. The zero-order valence-electron chi connectivity index (χ0n) is 18.1. The molecule has 0 bridgehead atoms. The van der Waals surface area contributed by atoms with Crippen LogP contribution < -0.4 is 15.4 Å². The molecule has 1 saturated heterocycles. The van der Waals surface area contributed by atoms with Crippen LogP contribution in [0.4, 0.5) is 4.79 Å². The molecule has 2 atom stereocenters. The Morgan fingerprint density at radius 1 is 1.26 bits per heavy atom. The fraction of sp³-hybridized carbons (Fsp3) is 0.500. The monoisotopic (exact) mass is 431 g/mol. The van der Waals surface area contributed by atoms with E-state index in [0.29, 0.717) is 42.3 Å². The lowest BCUT2D eigenvalue weighted by molar-refractivity contribution is -0.150. The van der Waals surface area contributed by atoms with Crippen LogP contribution in [0.15, 0.2) is 35.5 Å². The van der Waals surface area contributed by atoms with Gasteiger partial charge in [0.05, 0.1) is 38.4 Å². The van der Waals surface area contributed by atoms with Gasteiger partial charge in [-0.1, -0.05) is 12.1 Å². The third kappa shape index (κ3) is 5.35. The van der Waals surface area contributed by atoms with Gasteiger partial charge in [-0.2, -0.15) is 0 Å². The Bertz CT molecular complexity index is 869. The summed E-state index contributed by atoms with van der Waals surface area (Å²) in [7, 11) is 2.86. The standard InChI is InChI=1S/C22H29N3O6/c1-4-31-20(26)15-8-6-10-25(12-15)13-17-18(21(27)30-3)19(24-22(28)23-17)14-7-5-9-16(11-14)29-2/h5,7,9,11,15,19H,4,6,8,10,12-13H2,1-3H3,(H2,23,24,28)/t15-,19-/m0/s1. The zero-order chi connectivity index (χ0) is 22.4. The van der Waals surface area contributed by atoms with Gasteiger partial charge in [-0.15, -0.1) is 0 Å². The number of esters is 2. The summed E-state index contributed by atoms with van der Waals surface area (Å²) in [5.41, 5.74) is 1.50.